The van der Waals surface area contributed by atoms with Crippen molar-refractivity contribution in [2.24, 2.45) is 5.73 Å². The van der Waals surface area contributed by atoms with Crippen LogP contribution in [0, 0.1) is 0 Å². The first kappa shape index (κ1) is 16.8. The first-order valence-corrected chi connectivity index (χ1v) is 8.05. The van der Waals surface area contributed by atoms with Gasteiger partial charge in [-0.15, -0.1) is 0 Å². The van der Waals surface area contributed by atoms with Gasteiger partial charge in [0.2, 0.25) is 5.91 Å². The molecule has 0 aliphatic heterocycles. The lowest BCUT2D eigenvalue weighted by Gasteiger charge is -2.13. The van der Waals surface area contributed by atoms with Crippen LogP contribution in [0.4, 0.5) is 5.82 Å². The zero-order valence-electron chi connectivity index (χ0n) is 14.1. The van der Waals surface area contributed by atoms with Crippen LogP contribution >= 0.6 is 0 Å². The molecule has 0 radical (unpaired) electrons. The summed E-state index contributed by atoms with van der Waals surface area (Å²) < 4.78 is 1.52. The van der Waals surface area contributed by atoms with Gasteiger partial charge in [-0.1, -0.05) is 44.2 Å². The molecule has 3 N–H and O–H groups in total. The summed E-state index contributed by atoms with van der Waals surface area (Å²) in [7, 11) is 0. The lowest BCUT2D eigenvalue weighted by Crippen LogP contribution is -2.28. The molecule has 0 saturated carbocycles. The van der Waals surface area contributed by atoms with Gasteiger partial charge in [0.15, 0.2) is 0 Å². The third-order valence-electron chi connectivity index (χ3n) is 3.75. The van der Waals surface area contributed by atoms with Crippen molar-refractivity contribution in [1.82, 2.24) is 19.7 Å². The summed E-state index contributed by atoms with van der Waals surface area (Å²) in [4.78, 5) is 21.0. The Morgan fingerprint density at radius 1 is 1.12 bits per heavy atom. The monoisotopic (exact) mass is 336 g/mol. The van der Waals surface area contributed by atoms with Gasteiger partial charge < -0.3 is 11.1 Å². The van der Waals surface area contributed by atoms with Crippen molar-refractivity contribution < 1.29 is 4.79 Å². The first-order valence-electron chi connectivity index (χ1n) is 8.05. The van der Waals surface area contributed by atoms with Crippen molar-refractivity contribution in [2.45, 2.75) is 25.8 Å². The maximum absolute atomic E-state index is 12.6. The Morgan fingerprint density at radius 3 is 2.44 bits per heavy atom. The molecule has 128 valence electrons. The van der Waals surface area contributed by atoms with E-state index in [0.717, 1.165) is 11.3 Å². The molecule has 3 aromatic rings. The zero-order chi connectivity index (χ0) is 17.8. The van der Waals surface area contributed by atoms with Crippen LogP contribution in [-0.4, -0.2) is 25.7 Å². The SMILES string of the molecule is CC(C)c1cc(NC(=O)[C@H](N)c2ccccc2)n(-c2ncccn2)n1. The number of rotatable bonds is 5. The third kappa shape index (κ3) is 3.72. The number of aromatic nitrogens is 4. The van der Waals surface area contributed by atoms with E-state index >= 15 is 0 Å². The van der Waals surface area contributed by atoms with Gasteiger partial charge in [0.25, 0.3) is 5.95 Å². The van der Waals surface area contributed by atoms with Gasteiger partial charge in [-0.3, -0.25) is 4.79 Å². The Bertz CT molecular complexity index is 845. The molecular formula is C18H20N6O. The summed E-state index contributed by atoms with van der Waals surface area (Å²) in [5, 5.41) is 7.34. The van der Waals surface area contributed by atoms with Gasteiger partial charge >= 0.3 is 0 Å². The molecule has 7 heteroatoms. The number of amides is 1. The van der Waals surface area contributed by atoms with Gasteiger partial charge in [0.1, 0.15) is 11.9 Å². The van der Waals surface area contributed by atoms with E-state index < -0.39 is 6.04 Å². The van der Waals surface area contributed by atoms with E-state index in [1.807, 2.05) is 50.2 Å². The third-order valence-corrected chi connectivity index (χ3v) is 3.75. The van der Waals surface area contributed by atoms with Gasteiger partial charge in [-0.05, 0) is 17.5 Å². The maximum atomic E-state index is 12.6. The van der Waals surface area contributed by atoms with Gasteiger partial charge in [-0.25, -0.2) is 9.97 Å². The molecule has 0 spiro atoms. The van der Waals surface area contributed by atoms with Crippen molar-refractivity contribution in [1.29, 1.82) is 0 Å². The number of nitrogens with one attached hydrogen (secondary N) is 1. The van der Waals surface area contributed by atoms with Crippen LogP contribution in [-0.2, 0) is 4.79 Å². The highest BCUT2D eigenvalue weighted by atomic mass is 16.2. The molecule has 2 aromatic heterocycles. The number of benzene rings is 1. The second kappa shape index (κ2) is 7.23. The lowest BCUT2D eigenvalue weighted by molar-refractivity contribution is -0.117. The predicted octanol–water partition coefficient (Wildman–Crippen LogP) is 2.42. The average molecular weight is 336 g/mol. The predicted molar refractivity (Wildman–Crippen MR) is 95.2 cm³/mol. The summed E-state index contributed by atoms with van der Waals surface area (Å²) in [6.07, 6.45) is 3.25. The molecule has 0 aliphatic rings. The molecule has 25 heavy (non-hydrogen) atoms. The number of hydrogen-bond acceptors (Lipinski definition) is 5. The number of nitrogens with zero attached hydrogens (tertiary/aromatic N) is 4. The van der Waals surface area contributed by atoms with E-state index in [-0.39, 0.29) is 11.8 Å². The number of anilines is 1. The Labute approximate surface area is 145 Å². The molecule has 0 unspecified atom stereocenters. The molecule has 1 amide bonds. The minimum atomic E-state index is -0.774. The van der Waals surface area contributed by atoms with Crippen molar-refractivity contribution in [3.05, 3.63) is 66.1 Å². The van der Waals surface area contributed by atoms with Crippen molar-refractivity contribution in [3.8, 4) is 5.95 Å². The van der Waals surface area contributed by atoms with E-state index in [0.29, 0.717) is 11.8 Å². The normalized spacial score (nSPS) is 12.2. The molecule has 0 fully saturated rings. The second-order valence-corrected chi connectivity index (χ2v) is 5.95. The molecule has 7 nitrogen and oxygen atoms in total. The summed E-state index contributed by atoms with van der Waals surface area (Å²) in [5.41, 5.74) is 7.64. The highest BCUT2D eigenvalue weighted by Crippen LogP contribution is 2.21. The number of carbonyl (C=O) groups excluding carboxylic acids is 1. The summed E-state index contributed by atoms with van der Waals surface area (Å²) in [5.74, 6) is 0.756. The average Bonchev–Trinajstić information content (AvgIpc) is 3.06. The van der Waals surface area contributed by atoms with Crippen molar-refractivity contribution in [3.63, 3.8) is 0 Å². The second-order valence-electron chi connectivity index (χ2n) is 5.95. The van der Waals surface area contributed by atoms with Crippen LogP contribution in [0.15, 0.2) is 54.9 Å². The topological polar surface area (TPSA) is 98.7 Å². The molecule has 1 aromatic carbocycles. The van der Waals surface area contributed by atoms with Crippen molar-refractivity contribution >= 4 is 11.7 Å². The van der Waals surface area contributed by atoms with E-state index in [9.17, 15) is 4.79 Å². The molecular weight excluding hydrogens is 316 g/mol. The fourth-order valence-corrected chi connectivity index (χ4v) is 2.34. The zero-order valence-corrected chi connectivity index (χ0v) is 14.1. The van der Waals surface area contributed by atoms with Gasteiger partial charge in [-0.2, -0.15) is 9.78 Å². The fraction of sp³-hybridized carbons (Fsp3) is 0.222. The molecule has 2 heterocycles. The van der Waals surface area contributed by atoms with E-state index in [4.69, 9.17) is 5.73 Å². The Hall–Kier alpha value is -3.06. The summed E-state index contributed by atoms with van der Waals surface area (Å²) in [6.45, 7) is 4.06. The standard InChI is InChI=1S/C18H20N6O/c1-12(2)14-11-15(24(23-14)18-20-9-6-10-21-18)22-17(25)16(19)13-7-4-3-5-8-13/h3-12,16H,19H2,1-2H3,(H,22,25)/t16-/m1/s1. The van der Waals surface area contributed by atoms with Crippen LogP contribution < -0.4 is 11.1 Å². The smallest absolute Gasteiger partial charge is 0.252 e. The van der Waals surface area contributed by atoms with Crippen molar-refractivity contribution in [2.75, 3.05) is 5.32 Å². The van der Waals surface area contributed by atoms with Crippen LogP contribution in [0.25, 0.3) is 5.95 Å². The first-order chi connectivity index (χ1) is 12.1. The summed E-state index contributed by atoms with van der Waals surface area (Å²) >= 11 is 0. The highest BCUT2D eigenvalue weighted by molar-refractivity contribution is 5.95. The van der Waals surface area contributed by atoms with Crippen LogP contribution in [0.2, 0.25) is 0 Å². The van der Waals surface area contributed by atoms with Crippen LogP contribution in [0.5, 0.6) is 0 Å². The molecule has 3 rings (SSSR count). The van der Waals surface area contributed by atoms with Crippen LogP contribution in [0.1, 0.15) is 37.1 Å². The van der Waals surface area contributed by atoms with E-state index in [1.54, 1.807) is 18.5 Å². The van der Waals surface area contributed by atoms with E-state index in [1.165, 1.54) is 4.68 Å². The minimum Gasteiger partial charge on any atom is -0.316 e. The number of nitrogens with two attached hydrogens (primary N) is 1. The molecule has 0 bridgehead atoms. The largest absolute Gasteiger partial charge is 0.316 e. The number of hydrogen-bond donors (Lipinski definition) is 2. The minimum absolute atomic E-state index is 0.198. The highest BCUT2D eigenvalue weighted by Gasteiger charge is 2.20. The van der Waals surface area contributed by atoms with E-state index in [2.05, 4.69) is 20.4 Å². The Balaban J connectivity index is 1.90. The van der Waals surface area contributed by atoms with Gasteiger partial charge in [0.05, 0.1) is 5.69 Å². The lowest BCUT2D eigenvalue weighted by atomic mass is 10.1. The van der Waals surface area contributed by atoms with Crippen LogP contribution in [0.3, 0.4) is 0 Å². The maximum Gasteiger partial charge on any atom is 0.252 e. The molecule has 1 atom stereocenters. The molecule has 0 aliphatic carbocycles. The quantitative estimate of drug-likeness (QED) is 0.745. The number of carbonyl (C=O) groups is 1. The van der Waals surface area contributed by atoms with Gasteiger partial charge in [0, 0.05) is 18.5 Å². The summed E-state index contributed by atoms with van der Waals surface area (Å²) in [6, 6.07) is 12.0. The Morgan fingerprint density at radius 2 is 1.80 bits per heavy atom. The Kier molecular flexibility index (Phi) is 4.85. The fourth-order valence-electron chi connectivity index (χ4n) is 2.34. The molecule has 0 saturated heterocycles.